The Balaban J connectivity index is 1.21. The largest absolute Gasteiger partial charge is 0.488 e. The number of ether oxygens (including phenoxy) is 1. The van der Waals surface area contributed by atoms with Gasteiger partial charge in [0.05, 0.1) is 5.69 Å². The van der Waals surface area contributed by atoms with Gasteiger partial charge in [-0.3, -0.25) is 14.9 Å². The minimum Gasteiger partial charge on any atom is -0.488 e. The number of halogens is 2. The molecule has 254 valence electrons. The van der Waals surface area contributed by atoms with E-state index >= 15 is 0 Å². The number of nitrogens with zero attached hydrogens (tertiary/aromatic N) is 2. The highest BCUT2D eigenvalue weighted by molar-refractivity contribution is 9.10. The van der Waals surface area contributed by atoms with Gasteiger partial charge >= 0.3 is 6.03 Å². The lowest BCUT2D eigenvalue weighted by Crippen LogP contribution is -2.54. The van der Waals surface area contributed by atoms with Crippen molar-refractivity contribution in [3.8, 4) is 5.75 Å². The third kappa shape index (κ3) is 6.46. The summed E-state index contributed by atoms with van der Waals surface area (Å²) in [5.41, 5.74) is 7.28. The summed E-state index contributed by atoms with van der Waals surface area (Å²) >= 11 is 9.84. The fourth-order valence-corrected chi connectivity index (χ4v) is 7.97. The van der Waals surface area contributed by atoms with Crippen molar-refractivity contribution >= 4 is 62.8 Å². The minimum atomic E-state index is -0.789. The van der Waals surface area contributed by atoms with E-state index in [0.29, 0.717) is 22.0 Å². The second-order valence-electron chi connectivity index (χ2n) is 13.0. The van der Waals surface area contributed by atoms with Crippen LogP contribution in [-0.2, 0) is 16.2 Å². The van der Waals surface area contributed by atoms with Gasteiger partial charge in [0.1, 0.15) is 17.9 Å². The molecule has 9 heteroatoms. The molecule has 3 aliphatic heterocycles. The number of anilines is 2. The number of carbonyl (C=O) groups is 3. The first-order valence-corrected chi connectivity index (χ1v) is 18.1. The number of urea groups is 1. The van der Waals surface area contributed by atoms with Crippen LogP contribution in [0.3, 0.4) is 0 Å². The Morgan fingerprint density at radius 2 is 1.39 bits per heavy atom. The van der Waals surface area contributed by atoms with Gasteiger partial charge in [0.15, 0.2) is 0 Å². The maximum atomic E-state index is 14.4. The number of hydrogen-bond acceptors (Lipinski definition) is 5. The molecule has 0 unspecified atom stereocenters. The summed E-state index contributed by atoms with van der Waals surface area (Å²) in [4.78, 5) is 44.9. The predicted molar refractivity (Wildman–Crippen MR) is 203 cm³/mol. The fourth-order valence-electron chi connectivity index (χ4n) is 7.52. The average Bonchev–Trinajstić information content (AvgIpc) is 3.14. The van der Waals surface area contributed by atoms with Crippen molar-refractivity contribution in [2.24, 2.45) is 0 Å². The van der Waals surface area contributed by atoms with Crippen molar-refractivity contribution in [1.82, 2.24) is 5.32 Å². The van der Waals surface area contributed by atoms with Gasteiger partial charge in [0, 0.05) is 45.7 Å². The first-order valence-electron chi connectivity index (χ1n) is 16.9. The van der Waals surface area contributed by atoms with Crippen molar-refractivity contribution in [1.29, 1.82) is 0 Å². The number of amides is 4. The molecule has 1 fully saturated rings. The Labute approximate surface area is 309 Å². The zero-order valence-electron chi connectivity index (χ0n) is 27.5. The monoisotopic (exact) mass is 757 g/mol. The summed E-state index contributed by atoms with van der Waals surface area (Å²) in [6, 6.07) is 36.6. The van der Waals surface area contributed by atoms with E-state index in [9.17, 15) is 14.4 Å². The molecular weight excluding hydrogens is 726 g/mol. The lowest BCUT2D eigenvalue weighted by atomic mass is 9.76. The lowest BCUT2D eigenvalue weighted by Gasteiger charge is -2.44. The SMILES string of the molecule is O=C1NC(=O)N(c2cc3c4c(c2)[C@@H](c2ccccc2)CCN4CC[C@@H]3c2ccccc2)C(=O)/C1=C/c1cc(Cl)ccc1OCc1ccc(Br)cc1. The normalized spacial score (nSPS) is 19.2. The second kappa shape index (κ2) is 13.9. The number of rotatable bonds is 7. The van der Waals surface area contributed by atoms with Crippen LogP contribution in [0.5, 0.6) is 5.75 Å². The quantitative estimate of drug-likeness (QED) is 0.132. The summed E-state index contributed by atoms with van der Waals surface area (Å²) in [5.74, 6) is -0.918. The van der Waals surface area contributed by atoms with Gasteiger partial charge in [0.25, 0.3) is 11.8 Å². The minimum absolute atomic E-state index is 0.0714. The molecule has 1 N–H and O–H groups in total. The molecule has 3 heterocycles. The number of imide groups is 2. The van der Waals surface area contributed by atoms with Gasteiger partial charge in [-0.2, -0.15) is 0 Å². The van der Waals surface area contributed by atoms with E-state index in [0.717, 1.165) is 52.0 Å². The number of carbonyl (C=O) groups excluding carboxylic acids is 3. The van der Waals surface area contributed by atoms with Crippen molar-refractivity contribution < 1.29 is 19.1 Å². The van der Waals surface area contributed by atoms with E-state index in [1.54, 1.807) is 18.2 Å². The molecule has 2 atom stereocenters. The third-order valence-electron chi connectivity index (χ3n) is 9.94. The van der Waals surface area contributed by atoms with Gasteiger partial charge in [-0.15, -0.1) is 0 Å². The Kier molecular flexibility index (Phi) is 8.96. The molecule has 0 spiro atoms. The number of barbiturate groups is 1. The Bertz CT molecular complexity index is 2120. The average molecular weight is 759 g/mol. The first kappa shape index (κ1) is 33.0. The van der Waals surface area contributed by atoms with Crippen molar-refractivity contribution in [2.75, 3.05) is 22.9 Å². The molecule has 5 aromatic rings. The summed E-state index contributed by atoms with van der Waals surface area (Å²) in [6.07, 6.45) is 3.25. The summed E-state index contributed by atoms with van der Waals surface area (Å²) in [7, 11) is 0. The Morgan fingerprint density at radius 3 is 2.00 bits per heavy atom. The van der Waals surface area contributed by atoms with Crippen LogP contribution in [0, 0.1) is 0 Å². The third-order valence-corrected chi connectivity index (χ3v) is 10.7. The number of nitrogens with one attached hydrogen (secondary N) is 1. The molecule has 0 radical (unpaired) electrons. The molecule has 3 aliphatic rings. The lowest BCUT2D eigenvalue weighted by molar-refractivity contribution is -0.122. The molecule has 5 aromatic carbocycles. The van der Waals surface area contributed by atoms with Crippen LogP contribution in [0.4, 0.5) is 16.2 Å². The van der Waals surface area contributed by atoms with E-state index < -0.39 is 17.8 Å². The molecule has 0 bridgehead atoms. The van der Waals surface area contributed by atoms with Crippen LogP contribution in [0.15, 0.2) is 125 Å². The maximum absolute atomic E-state index is 14.4. The summed E-state index contributed by atoms with van der Waals surface area (Å²) in [5, 5.41) is 2.83. The molecule has 1 saturated heterocycles. The van der Waals surface area contributed by atoms with Crippen LogP contribution >= 0.6 is 27.5 Å². The molecule has 4 amide bonds. The number of hydrogen-bond donors (Lipinski definition) is 1. The van der Waals surface area contributed by atoms with Gasteiger partial charge < -0.3 is 9.64 Å². The van der Waals surface area contributed by atoms with E-state index in [1.807, 2.05) is 72.8 Å². The van der Waals surface area contributed by atoms with E-state index in [4.69, 9.17) is 16.3 Å². The molecule has 0 saturated carbocycles. The van der Waals surface area contributed by atoms with Gasteiger partial charge in [-0.1, -0.05) is 100 Å². The molecule has 8 rings (SSSR count). The van der Waals surface area contributed by atoms with Gasteiger partial charge in [0.2, 0.25) is 0 Å². The molecule has 7 nitrogen and oxygen atoms in total. The van der Waals surface area contributed by atoms with Gasteiger partial charge in [-0.05, 0) is 89.2 Å². The Morgan fingerprint density at radius 1 is 0.784 bits per heavy atom. The highest BCUT2D eigenvalue weighted by Crippen LogP contribution is 2.50. The second-order valence-corrected chi connectivity index (χ2v) is 14.4. The summed E-state index contributed by atoms with van der Waals surface area (Å²) in [6.45, 7) is 2.09. The topological polar surface area (TPSA) is 79.0 Å². The fraction of sp³-hybridized carbons (Fsp3) is 0.167. The highest BCUT2D eigenvalue weighted by atomic mass is 79.9. The van der Waals surface area contributed by atoms with E-state index in [2.05, 4.69) is 50.4 Å². The van der Waals surface area contributed by atoms with Crippen molar-refractivity contribution in [3.63, 3.8) is 0 Å². The van der Waals surface area contributed by atoms with E-state index in [-0.39, 0.29) is 24.0 Å². The van der Waals surface area contributed by atoms with Crippen LogP contribution < -0.4 is 19.9 Å². The zero-order valence-corrected chi connectivity index (χ0v) is 29.9. The van der Waals surface area contributed by atoms with Crippen LogP contribution in [0.1, 0.15) is 58.1 Å². The number of benzene rings is 5. The predicted octanol–water partition coefficient (Wildman–Crippen LogP) is 9.23. The maximum Gasteiger partial charge on any atom is 0.335 e. The molecule has 0 aromatic heterocycles. The van der Waals surface area contributed by atoms with Crippen molar-refractivity contribution in [3.05, 3.63) is 164 Å². The first-order chi connectivity index (χ1) is 24.8. The molecular formula is C42H33BrClN3O4. The van der Waals surface area contributed by atoms with Gasteiger partial charge in [-0.25, -0.2) is 9.69 Å². The summed E-state index contributed by atoms with van der Waals surface area (Å²) < 4.78 is 7.09. The van der Waals surface area contributed by atoms with Crippen LogP contribution in [0.25, 0.3) is 6.08 Å². The van der Waals surface area contributed by atoms with Crippen molar-refractivity contribution in [2.45, 2.75) is 31.3 Å². The molecule has 0 aliphatic carbocycles. The highest BCUT2D eigenvalue weighted by Gasteiger charge is 2.40. The Hall–Kier alpha value is -5.18. The molecule has 51 heavy (non-hydrogen) atoms. The zero-order chi connectivity index (χ0) is 35.1. The smallest absolute Gasteiger partial charge is 0.335 e. The van der Waals surface area contributed by atoms with Crippen LogP contribution in [-0.4, -0.2) is 30.9 Å². The van der Waals surface area contributed by atoms with Crippen LogP contribution in [0.2, 0.25) is 5.02 Å². The van der Waals surface area contributed by atoms with E-state index in [1.165, 1.54) is 22.9 Å². The standard InChI is InChI=1S/C42H33BrClN3O4/c43-30-13-11-26(12-14-30)25-51-38-16-15-31(44)21-29(38)22-37-40(48)45-42(50)47(41(37)49)32-23-35-33(27-7-3-1-4-8-27)17-19-46-20-18-34(36(24-32)39(35)46)28-9-5-2-6-10-28/h1-16,21-24,33-34H,17-20,25H2,(H,45,48,50)/b37-22+/t33-,34-/m1/s1.